The zero-order chi connectivity index (χ0) is 6.95. The Bertz CT molecular complexity index is 71.3. The van der Waals surface area contributed by atoms with Gasteiger partial charge in [0, 0.05) is 6.54 Å². The maximum absolute atomic E-state index is 8.15. The van der Waals surface area contributed by atoms with Crippen LogP contribution in [0, 0.1) is 0 Å². The van der Waals surface area contributed by atoms with Crippen LogP contribution in [0.15, 0.2) is 12.2 Å². The molecule has 2 heteroatoms. The summed E-state index contributed by atoms with van der Waals surface area (Å²) in [6, 6.07) is 0. The van der Waals surface area contributed by atoms with E-state index in [9.17, 15) is 0 Å². The molecular weight excluding hydrogens is 114 g/mol. The summed E-state index contributed by atoms with van der Waals surface area (Å²) in [7, 11) is 0. The second-order valence-corrected chi connectivity index (χ2v) is 1.93. The Balaban J connectivity index is 2.82. The molecule has 0 heterocycles. The SMILES string of the molecule is CCC=CCCCNO. The van der Waals surface area contributed by atoms with Crippen LogP contribution in [0.25, 0.3) is 0 Å². The third kappa shape index (κ3) is 7.66. The van der Waals surface area contributed by atoms with Crippen molar-refractivity contribution in [1.29, 1.82) is 0 Å². The highest BCUT2D eigenvalue weighted by Gasteiger charge is 1.79. The molecule has 0 spiro atoms. The van der Waals surface area contributed by atoms with Crippen molar-refractivity contribution < 1.29 is 5.21 Å². The predicted molar refractivity (Wildman–Crippen MR) is 38.5 cm³/mol. The molecule has 0 aliphatic heterocycles. The van der Waals surface area contributed by atoms with Crippen LogP contribution in [0.1, 0.15) is 26.2 Å². The van der Waals surface area contributed by atoms with Crippen molar-refractivity contribution in [2.24, 2.45) is 0 Å². The average molecular weight is 129 g/mol. The Morgan fingerprint density at radius 2 is 2.22 bits per heavy atom. The van der Waals surface area contributed by atoms with Gasteiger partial charge in [0.15, 0.2) is 0 Å². The fraction of sp³-hybridized carbons (Fsp3) is 0.714. The van der Waals surface area contributed by atoms with Crippen LogP contribution >= 0.6 is 0 Å². The summed E-state index contributed by atoms with van der Waals surface area (Å²) in [6.07, 6.45) is 7.44. The Labute approximate surface area is 56.5 Å². The highest BCUT2D eigenvalue weighted by molar-refractivity contribution is 4.79. The Morgan fingerprint density at radius 1 is 1.44 bits per heavy atom. The lowest BCUT2D eigenvalue weighted by molar-refractivity contribution is 0.166. The van der Waals surface area contributed by atoms with Crippen molar-refractivity contribution in [3.63, 3.8) is 0 Å². The third-order valence-corrected chi connectivity index (χ3v) is 1.06. The molecule has 0 aliphatic carbocycles. The largest absolute Gasteiger partial charge is 0.317 e. The van der Waals surface area contributed by atoms with Crippen molar-refractivity contribution in [2.75, 3.05) is 6.54 Å². The molecule has 54 valence electrons. The van der Waals surface area contributed by atoms with Gasteiger partial charge in [-0.2, -0.15) is 0 Å². The topological polar surface area (TPSA) is 32.3 Å². The van der Waals surface area contributed by atoms with Crippen molar-refractivity contribution in [3.8, 4) is 0 Å². The van der Waals surface area contributed by atoms with Gasteiger partial charge < -0.3 is 5.21 Å². The van der Waals surface area contributed by atoms with Crippen molar-refractivity contribution in [3.05, 3.63) is 12.2 Å². The molecule has 0 rings (SSSR count). The summed E-state index contributed by atoms with van der Waals surface area (Å²) in [5.74, 6) is 0. The molecule has 0 bridgehead atoms. The minimum atomic E-state index is 0.689. The first-order valence-electron chi connectivity index (χ1n) is 3.43. The van der Waals surface area contributed by atoms with Crippen LogP contribution in [-0.4, -0.2) is 11.8 Å². The minimum Gasteiger partial charge on any atom is -0.317 e. The number of unbranched alkanes of at least 4 members (excludes halogenated alkanes) is 1. The van der Waals surface area contributed by atoms with E-state index in [-0.39, 0.29) is 0 Å². The summed E-state index contributed by atoms with van der Waals surface area (Å²) < 4.78 is 0. The summed E-state index contributed by atoms with van der Waals surface area (Å²) in [4.78, 5) is 0. The molecule has 2 N–H and O–H groups in total. The summed E-state index contributed by atoms with van der Waals surface area (Å²) in [5, 5.41) is 8.15. The van der Waals surface area contributed by atoms with Gasteiger partial charge in [-0.1, -0.05) is 19.1 Å². The van der Waals surface area contributed by atoms with Gasteiger partial charge in [0.2, 0.25) is 0 Å². The van der Waals surface area contributed by atoms with Crippen LogP contribution in [0.4, 0.5) is 0 Å². The molecule has 2 nitrogen and oxygen atoms in total. The van der Waals surface area contributed by atoms with Gasteiger partial charge in [0.05, 0.1) is 0 Å². The van der Waals surface area contributed by atoms with Crippen LogP contribution in [0.2, 0.25) is 0 Å². The molecule has 0 unspecified atom stereocenters. The molecule has 0 aromatic heterocycles. The summed E-state index contributed by atoms with van der Waals surface area (Å²) in [5.41, 5.74) is 2.11. The molecule has 0 radical (unpaired) electrons. The second-order valence-electron chi connectivity index (χ2n) is 1.93. The lowest BCUT2D eigenvalue weighted by Gasteiger charge is -1.91. The molecule has 9 heavy (non-hydrogen) atoms. The van der Waals surface area contributed by atoms with Crippen LogP contribution < -0.4 is 5.48 Å². The third-order valence-electron chi connectivity index (χ3n) is 1.06. The van der Waals surface area contributed by atoms with E-state index < -0.39 is 0 Å². The Kier molecular flexibility index (Phi) is 7.37. The fourth-order valence-corrected chi connectivity index (χ4v) is 0.583. The molecule has 0 aliphatic rings. The Morgan fingerprint density at radius 3 is 2.78 bits per heavy atom. The standard InChI is InChI=1S/C7H15NO/c1-2-3-4-5-6-7-8-9/h3-4,8-9H,2,5-7H2,1H3. The predicted octanol–water partition coefficient (Wildman–Crippen LogP) is 1.71. The van der Waals surface area contributed by atoms with Crippen molar-refractivity contribution in [2.45, 2.75) is 26.2 Å². The molecule has 0 fully saturated rings. The van der Waals surface area contributed by atoms with Crippen molar-refractivity contribution in [1.82, 2.24) is 5.48 Å². The number of hydroxylamine groups is 1. The highest BCUT2D eigenvalue weighted by atomic mass is 16.5. The van der Waals surface area contributed by atoms with E-state index in [1.165, 1.54) is 0 Å². The van der Waals surface area contributed by atoms with Crippen LogP contribution in [0.5, 0.6) is 0 Å². The molecular formula is C7H15NO. The first-order chi connectivity index (χ1) is 4.41. The van der Waals surface area contributed by atoms with E-state index in [1.54, 1.807) is 0 Å². The first kappa shape index (κ1) is 8.66. The molecule has 0 atom stereocenters. The first-order valence-corrected chi connectivity index (χ1v) is 3.43. The molecule has 0 aromatic carbocycles. The maximum Gasteiger partial charge on any atom is 0.0210 e. The van der Waals surface area contributed by atoms with E-state index in [4.69, 9.17) is 5.21 Å². The van der Waals surface area contributed by atoms with Gasteiger partial charge in [0.25, 0.3) is 0 Å². The van der Waals surface area contributed by atoms with Gasteiger partial charge in [-0.05, 0) is 19.3 Å². The number of rotatable bonds is 5. The monoisotopic (exact) mass is 129 g/mol. The van der Waals surface area contributed by atoms with Crippen molar-refractivity contribution >= 4 is 0 Å². The van der Waals surface area contributed by atoms with E-state index in [1.807, 2.05) is 0 Å². The zero-order valence-electron chi connectivity index (χ0n) is 5.93. The van der Waals surface area contributed by atoms with E-state index in [0.717, 1.165) is 19.3 Å². The highest BCUT2D eigenvalue weighted by Crippen LogP contribution is 1.89. The van der Waals surface area contributed by atoms with Gasteiger partial charge in [-0.15, -0.1) is 0 Å². The average Bonchev–Trinajstić information content (AvgIpc) is 1.89. The normalized spacial score (nSPS) is 10.9. The lowest BCUT2D eigenvalue weighted by Crippen LogP contribution is -2.07. The number of nitrogens with one attached hydrogen (secondary N) is 1. The van der Waals surface area contributed by atoms with Gasteiger partial charge >= 0.3 is 0 Å². The van der Waals surface area contributed by atoms with Gasteiger partial charge in [-0.25, -0.2) is 5.48 Å². The number of allylic oxidation sites excluding steroid dienone is 2. The number of hydrogen-bond donors (Lipinski definition) is 2. The second kappa shape index (κ2) is 7.66. The summed E-state index contributed by atoms with van der Waals surface area (Å²) >= 11 is 0. The van der Waals surface area contributed by atoms with Gasteiger partial charge in [-0.3, -0.25) is 0 Å². The Hall–Kier alpha value is -0.340. The lowest BCUT2D eigenvalue weighted by atomic mass is 10.3. The molecule has 0 amide bonds. The summed E-state index contributed by atoms with van der Waals surface area (Å²) in [6.45, 7) is 2.80. The smallest absolute Gasteiger partial charge is 0.0210 e. The fourth-order valence-electron chi connectivity index (χ4n) is 0.583. The van der Waals surface area contributed by atoms with Crippen LogP contribution in [-0.2, 0) is 0 Å². The van der Waals surface area contributed by atoms with Crippen LogP contribution in [0.3, 0.4) is 0 Å². The molecule has 0 saturated carbocycles. The van der Waals surface area contributed by atoms with E-state index in [2.05, 4.69) is 24.6 Å². The minimum absolute atomic E-state index is 0.689. The maximum atomic E-state index is 8.15. The molecule has 0 aromatic rings. The quantitative estimate of drug-likeness (QED) is 0.336. The van der Waals surface area contributed by atoms with E-state index >= 15 is 0 Å². The molecule has 0 saturated heterocycles. The van der Waals surface area contributed by atoms with Gasteiger partial charge in [0.1, 0.15) is 0 Å². The number of hydrogen-bond acceptors (Lipinski definition) is 2. The zero-order valence-corrected chi connectivity index (χ0v) is 5.93. The van der Waals surface area contributed by atoms with E-state index in [0.29, 0.717) is 6.54 Å².